The van der Waals surface area contributed by atoms with Crippen molar-refractivity contribution in [3.8, 4) is 11.5 Å². The average molecular weight is 224 g/mol. The summed E-state index contributed by atoms with van der Waals surface area (Å²) in [5.74, 6) is 1.51. The summed E-state index contributed by atoms with van der Waals surface area (Å²) in [5, 5.41) is 0. The van der Waals surface area contributed by atoms with Gasteiger partial charge in [-0.1, -0.05) is 0 Å². The lowest BCUT2D eigenvalue weighted by atomic mass is 10.3. The summed E-state index contributed by atoms with van der Waals surface area (Å²) >= 11 is 0. The fourth-order valence-electron chi connectivity index (χ4n) is 1.10. The van der Waals surface area contributed by atoms with Crippen molar-refractivity contribution in [2.45, 2.75) is 6.42 Å². The Morgan fingerprint density at radius 1 is 1.00 bits per heavy atom. The zero-order valence-electron chi connectivity index (χ0n) is 9.35. The molecule has 0 radical (unpaired) electrons. The minimum Gasteiger partial charge on any atom is -0.493 e. The number of carbonyl (C=O) groups excluding carboxylic acids is 1. The third-order valence-electron chi connectivity index (χ3n) is 1.88. The summed E-state index contributed by atoms with van der Waals surface area (Å²) < 4.78 is 15.6. The van der Waals surface area contributed by atoms with Gasteiger partial charge in [0.2, 0.25) is 0 Å². The Kier molecular flexibility index (Phi) is 6.03. The molecule has 0 spiro atoms. The van der Waals surface area contributed by atoms with Gasteiger partial charge < -0.3 is 19.0 Å². The number of hydrogen-bond donors (Lipinski definition) is 0. The lowest BCUT2D eigenvalue weighted by Gasteiger charge is -2.07. The van der Waals surface area contributed by atoms with Crippen LogP contribution in [0, 0.1) is 0 Å². The van der Waals surface area contributed by atoms with Crippen molar-refractivity contribution >= 4 is 6.29 Å². The van der Waals surface area contributed by atoms with Crippen LogP contribution in [0.25, 0.3) is 0 Å². The molecule has 0 amide bonds. The van der Waals surface area contributed by atoms with Crippen LogP contribution in [0.15, 0.2) is 24.3 Å². The molecule has 4 nitrogen and oxygen atoms in total. The molecule has 1 aromatic rings. The number of benzene rings is 1. The first-order chi connectivity index (χ1) is 7.86. The molecule has 0 bridgehead atoms. The molecule has 88 valence electrons. The Bertz CT molecular complexity index is 294. The van der Waals surface area contributed by atoms with Crippen LogP contribution in [0.2, 0.25) is 0 Å². The first-order valence-corrected chi connectivity index (χ1v) is 5.15. The third-order valence-corrected chi connectivity index (χ3v) is 1.88. The van der Waals surface area contributed by atoms with Crippen LogP contribution < -0.4 is 9.47 Å². The van der Waals surface area contributed by atoms with Crippen LogP contribution >= 0.6 is 0 Å². The minimum atomic E-state index is 0.409. The van der Waals surface area contributed by atoms with Crippen LogP contribution in [-0.4, -0.2) is 33.2 Å². The maximum Gasteiger partial charge on any atom is 0.123 e. The molecule has 0 aliphatic rings. The molecule has 0 unspecified atom stereocenters. The number of carbonyl (C=O) groups is 1. The molecule has 0 saturated heterocycles. The zero-order valence-corrected chi connectivity index (χ0v) is 9.35. The zero-order chi connectivity index (χ0) is 11.6. The molecule has 0 aromatic heterocycles. The first kappa shape index (κ1) is 12.5. The monoisotopic (exact) mass is 224 g/mol. The highest BCUT2D eigenvalue weighted by molar-refractivity contribution is 5.49. The quantitative estimate of drug-likeness (QED) is 0.498. The molecule has 0 N–H and O–H groups in total. The second kappa shape index (κ2) is 7.70. The highest BCUT2D eigenvalue weighted by Crippen LogP contribution is 2.17. The van der Waals surface area contributed by atoms with Gasteiger partial charge in [-0.25, -0.2) is 0 Å². The summed E-state index contributed by atoms with van der Waals surface area (Å²) in [6.45, 7) is 1.51. The predicted molar refractivity (Wildman–Crippen MR) is 60.0 cm³/mol. The number of aldehydes is 1. The van der Waals surface area contributed by atoms with E-state index in [0.717, 1.165) is 17.8 Å². The number of rotatable bonds is 8. The van der Waals surface area contributed by atoms with Crippen LogP contribution in [0.1, 0.15) is 6.42 Å². The van der Waals surface area contributed by atoms with Gasteiger partial charge in [-0.05, 0) is 24.3 Å². The van der Waals surface area contributed by atoms with Crippen molar-refractivity contribution in [2.75, 3.05) is 26.9 Å². The van der Waals surface area contributed by atoms with Crippen LogP contribution in [0.4, 0.5) is 0 Å². The molecule has 0 atom stereocenters. The molecule has 1 aromatic carbocycles. The van der Waals surface area contributed by atoms with E-state index < -0.39 is 0 Å². The summed E-state index contributed by atoms with van der Waals surface area (Å²) in [7, 11) is 1.63. The van der Waals surface area contributed by atoms with Gasteiger partial charge in [0.25, 0.3) is 0 Å². The van der Waals surface area contributed by atoms with Gasteiger partial charge in [0.05, 0.1) is 13.2 Å². The van der Waals surface area contributed by atoms with E-state index in [2.05, 4.69) is 0 Å². The first-order valence-electron chi connectivity index (χ1n) is 5.15. The van der Waals surface area contributed by atoms with E-state index in [1.165, 1.54) is 0 Å². The molecule has 0 aliphatic heterocycles. The number of ether oxygens (including phenoxy) is 3. The average Bonchev–Trinajstić information content (AvgIpc) is 2.32. The van der Waals surface area contributed by atoms with Crippen LogP contribution in [0.5, 0.6) is 11.5 Å². The van der Waals surface area contributed by atoms with E-state index in [4.69, 9.17) is 14.2 Å². The van der Waals surface area contributed by atoms with Crippen molar-refractivity contribution in [3.05, 3.63) is 24.3 Å². The SMILES string of the molecule is COCCOc1ccc(OCCC=O)cc1. The molecule has 4 heteroatoms. The maximum absolute atomic E-state index is 10.1. The topological polar surface area (TPSA) is 44.8 Å². The maximum atomic E-state index is 10.1. The second-order valence-electron chi connectivity index (χ2n) is 3.12. The van der Waals surface area contributed by atoms with Gasteiger partial charge >= 0.3 is 0 Å². The van der Waals surface area contributed by atoms with Crippen molar-refractivity contribution in [1.29, 1.82) is 0 Å². The van der Waals surface area contributed by atoms with Crippen molar-refractivity contribution in [1.82, 2.24) is 0 Å². The van der Waals surface area contributed by atoms with Gasteiger partial charge in [0.15, 0.2) is 0 Å². The molecular weight excluding hydrogens is 208 g/mol. The Morgan fingerprint density at radius 3 is 2.06 bits per heavy atom. The van der Waals surface area contributed by atoms with E-state index in [1.54, 1.807) is 7.11 Å². The number of methoxy groups -OCH3 is 1. The minimum absolute atomic E-state index is 0.409. The van der Waals surface area contributed by atoms with Gasteiger partial charge in [-0.15, -0.1) is 0 Å². The summed E-state index contributed by atoms with van der Waals surface area (Å²) in [6, 6.07) is 7.28. The van der Waals surface area contributed by atoms with E-state index in [9.17, 15) is 4.79 Å². The van der Waals surface area contributed by atoms with Crippen molar-refractivity contribution < 1.29 is 19.0 Å². The van der Waals surface area contributed by atoms with E-state index in [-0.39, 0.29) is 0 Å². The van der Waals surface area contributed by atoms with Gasteiger partial charge in [0, 0.05) is 13.5 Å². The Labute approximate surface area is 95.1 Å². The largest absolute Gasteiger partial charge is 0.493 e. The van der Waals surface area contributed by atoms with Gasteiger partial charge in [0.1, 0.15) is 24.4 Å². The van der Waals surface area contributed by atoms with E-state index >= 15 is 0 Å². The summed E-state index contributed by atoms with van der Waals surface area (Å²) in [4.78, 5) is 10.1. The summed E-state index contributed by atoms with van der Waals surface area (Å²) in [6.07, 6.45) is 1.24. The fourth-order valence-corrected chi connectivity index (χ4v) is 1.10. The molecule has 0 saturated carbocycles. The Morgan fingerprint density at radius 2 is 1.56 bits per heavy atom. The lowest BCUT2D eigenvalue weighted by molar-refractivity contribution is -0.108. The van der Waals surface area contributed by atoms with Gasteiger partial charge in [-0.3, -0.25) is 0 Å². The van der Waals surface area contributed by atoms with Crippen LogP contribution in [0.3, 0.4) is 0 Å². The molecule has 16 heavy (non-hydrogen) atoms. The molecular formula is C12H16O4. The highest BCUT2D eigenvalue weighted by atomic mass is 16.5. The highest BCUT2D eigenvalue weighted by Gasteiger charge is 1.96. The summed E-state index contributed by atoms with van der Waals surface area (Å²) in [5.41, 5.74) is 0. The fraction of sp³-hybridized carbons (Fsp3) is 0.417. The van der Waals surface area contributed by atoms with E-state index in [0.29, 0.717) is 26.2 Å². The second-order valence-corrected chi connectivity index (χ2v) is 3.12. The normalized spacial score (nSPS) is 9.81. The smallest absolute Gasteiger partial charge is 0.123 e. The standard InChI is InChI=1S/C12H16O4/c1-14-9-10-16-12-5-3-11(4-6-12)15-8-2-7-13/h3-7H,2,8-10H2,1H3. The molecule has 0 fully saturated rings. The predicted octanol–water partition coefficient (Wildman–Crippen LogP) is 1.68. The third kappa shape index (κ3) is 4.79. The van der Waals surface area contributed by atoms with Crippen molar-refractivity contribution in [2.24, 2.45) is 0 Å². The number of hydrogen-bond acceptors (Lipinski definition) is 4. The molecule has 0 heterocycles. The van der Waals surface area contributed by atoms with Crippen LogP contribution in [-0.2, 0) is 9.53 Å². The molecule has 1 rings (SSSR count). The van der Waals surface area contributed by atoms with Gasteiger partial charge in [-0.2, -0.15) is 0 Å². The Balaban J connectivity index is 2.32. The van der Waals surface area contributed by atoms with E-state index in [1.807, 2.05) is 24.3 Å². The Hall–Kier alpha value is -1.55. The lowest BCUT2D eigenvalue weighted by Crippen LogP contribution is -2.04. The molecule has 0 aliphatic carbocycles. The van der Waals surface area contributed by atoms with Crippen molar-refractivity contribution in [3.63, 3.8) is 0 Å².